The van der Waals surface area contributed by atoms with Gasteiger partial charge in [0.05, 0.1) is 35.8 Å². The SMILES string of the molecule is CCCCOC[C@H](O)CN(Cc1c(CC)nn(-c2ccccc2)c1Oc1cccc(F)c1)C[C@H]1CCCO1. The molecule has 4 rings (SSSR count). The number of nitrogens with zero attached hydrogens (tertiary/aromatic N) is 3. The maximum absolute atomic E-state index is 14.0. The van der Waals surface area contributed by atoms with E-state index >= 15 is 0 Å². The van der Waals surface area contributed by atoms with Crippen molar-refractivity contribution in [3.63, 3.8) is 0 Å². The van der Waals surface area contributed by atoms with E-state index in [4.69, 9.17) is 19.3 Å². The van der Waals surface area contributed by atoms with Crippen molar-refractivity contribution in [2.45, 2.75) is 64.7 Å². The van der Waals surface area contributed by atoms with Gasteiger partial charge in [-0.2, -0.15) is 5.10 Å². The monoisotopic (exact) mass is 525 g/mol. The number of hydrogen-bond acceptors (Lipinski definition) is 6. The molecule has 2 atom stereocenters. The summed E-state index contributed by atoms with van der Waals surface area (Å²) >= 11 is 0. The Kier molecular flexibility index (Phi) is 10.7. The smallest absolute Gasteiger partial charge is 0.227 e. The molecule has 1 fully saturated rings. The third-order valence-corrected chi connectivity index (χ3v) is 6.65. The summed E-state index contributed by atoms with van der Waals surface area (Å²) in [7, 11) is 0. The number of aryl methyl sites for hydroxylation is 1. The van der Waals surface area contributed by atoms with Crippen molar-refractivity contribution >= 4 is 0 Å². The molecule has 1 aliphatic rings. The van der Waals surface area contributed by atoms with Crippen molar-refractivity contribution in [3.8, 4) is 17.3 Å². The first-order valence-electron chi connectivity index (χ1n) is 13.8. The molecule has 1 aromatic heterocycles. The summed E-state index contributed by atoms with van der Waals surface area (Å²) < 4.78 is 33.8. The van der Waals surface area contributed by atoms with E-state index in [2.05, 4.69) is 18.7 Å². The molecule has 0 saturated carbocycles. The number of aliphatic hydroxyl groups is 1. The van der Waals surface area contributed by atoms with Gasteiger partial charge in [-0.05, 0) is 49.9 Å². The minimum atomic E-state index is -0.630. The van der Waals surface area contributed by atoms with E-state index in [0.29, 0.717) is 50.9 Å². The molecule has 2 aromatic carbocycles. The van der Waals surface area contributed by atoms with Crippen LogP contribution in [0.4, 0.5) is 4.39 Å². The van der Waals surface area contributed by atoms with Crippen LogP contribution in [0.15, 0.2) is 54.6 Å². The summed E-state index contributed by atoms with van der Waals surface area (Å²) in [5.41, 5.74) is 2.67. The van der Waals surface area contributed by atoms with E-state index in [1.165, 1.54) is 12.1 Å². The van der Waals surface area contributed by atoms with Crippen molar-refractivity contribution in [2.75, 3.05) is 32.9 Å². The Morgan fingerprint density at radius 3 is 2.74 bits per heavy atom. The summed E-state index contributed by atoms with van der Waals surface area (Å²) in [5, 5.41) is 15.7. The van der Waals surface area contributed by atoms with Crippen LogP contribution in [0.5, 0.6) is 11.6 Å². The van der Waals surface area contributed by atoms with Crippen molar-refractivity contribution < 1.29 is 23.7 Å². The molecule has 2 heterocycles. The third-order valence-electron chi connectivity index (χ3n) is 6.65. The molecular weight excluding hydrogens is 485 g/mol. The van der Waals surface area contributed by atoms with Crippen LogP contribution in [0.1, 0.15) is 50.8 Å². The fourth-order valence-corrected chi connectivity index (χ4v) is 4.73. The Bertz CT molecular complexity index is 1120. The lowest BCUT2D eigenvalue weighted by Crippen LogP contribution is -2.39. The number of halogens is 1. The van der Waals surface area contributed by atoms with Gasteiger partial charge in [-0.1, -0.05) is 44.5 Å². The Hall–Kier alpha value is -2.78. The Labute approximate surface area is 225 Å². The second kappa shape index (κ2) is 14.4. The number of aromatic nitrogens is 2. The van der Waals surface area contributed by atoms with E-state index in [1.807, 2.05) is 30.3 Å². The van der Waals surface area contributed by atoms with Gasteiger partial charge in [-0.15, -0.1) is 0 Å². The van der Waals surface area contributed by atoms with E-state index in [9.17, 15) is 9.50 Å². The predicted octanol–water partition coefficient (Wildman–Crippen LogP) is 5.52. The summed E-state index contributed by atoms with van der Waals surface area (Å²) in [6.45, 7) is 7.51. The highest BCUT2D eigenvalue weighted by molar-refractivity contribution is 5.43. The van der Waals surface area contributed by atoms with Crippen LogP contribution in [0.25, 0.3) is 5.69 Å². The molecule has 0 radical (unpaired) electrons. The van der Waals surface area contributed by atoms with E-state index in [0.717, 1.165) is 49.2 Å². The quantitative estimate of drug-likeness (QED) is 0.263. The molecule has 7 nitrogen and oxygen atoms in total. The highest BCUT2D eigenvalue weighted by Crippen LogP contribution is 2.33. The number of rotatable bonds is 15. The van der Waals surface area contributed by atoms with Gasteiger partial charge in [-0.3, -0.25) is 4.90 Å². The van der Waals surface area contributed by atoms with Gasteiger partial charge < -0.3 is 19.3 Å². The van der Waals surface area contributed by atoms with Gasteiger partial charge in [0, 0.05) is 38.9 Å². The van der Waals surface area contributed by atoms with E-state index in [1.54, 1.807) is 16.8 Å². The molecule has 8 heteroatoms. The number of ether oxygens (including phenoxy) is 3. The maximum Gasteiger partial charge on any atom is 0.227 e. The van der Waals surface area contributed by atoms with Crippen molar-refractivity contribution in [2.24, 2.45) is 0 Å². The first kappa shape index (κ1) is 28.2. The Balaban J connectivity index is 1.64. The molecular formula is C30H40FN3O4. The molecule has 0 unspecified atom stereocenters. The summed E-state index contributed by atoms with van der Waals surface area (Å²) in [5.74, 6) is 0.586. The zero-order valence-electron chi connectivity index (χ0n) is 22.5. The summed E-state index contributed by atoms with van der Waals surface area (Å²) in [6.07, 6.45) is 4.26. The van der Waals surface area contributed by atoms with Crippen LogP contribution in [0, 0.1) is 5.82 Å². The standard InChI is InChI=1S/C30H40FN3O4/c1-3-5-16-36-22-25(35)19-33(20-27-15-10-17-37-27)21-28-29(4-2)32-34(24-12-7-6-8-13-24)30(28)38-26-14-9-11-23(31)18-26/h6-9,11-14,18,25,27,35H,3-5,10,15-17,19-22H2,1-2H3/t25-,27-/m1/s1. The highest BCUT2D eigenvalue weighted by Gasteiger charge is 2.26. The van der Waals surface area contributed by atoms with Gasteiger partial charge in [0.15, 0.2) is 0 Å². The minimum absolute atomic E-state index is 0.116. The molecule has 0 amide bonds. The summed E-state index contributed by atoms with van der Waals surface area (Å²) in [6, 6.07) is 15.9. The minimum Gasteiger partial charge on any atom is -0.438 e. The van der Waals surface area contributed by atoms with Crippen molar-refractivity contribution in [1.29, 1.82) is 0 Å². The van der Waals surface area contributed by atoms with E-state index in [-0.39, 0.29) is 11.9 Å². The molecule has 1 N–H and O–H groups in total. The molecule has 1 saturated heterocycles. The zero-order chi connectivity index (χ0) is 26.7. The number of unbranched alkanes of at least 4 members (excludes halogenated alkanes) is 1. The largest absolute Gasteiger partial charge is 0.438 e. The zero-order valence-corrected chi connectivity index (χ0v) is 22.5. The number of para-hydroxylation sites is 1. The average Bonchev–Trinajstić information content (AvgIpc) is 3.55. The van der Waals surface area contributed by atoms with Gasteiger partial charge in [0.1, 0.15) is 11.6 Å². The second-order valence-corrected chi connectivity index (χ2v) is 9.80. The Morgan fingerprint density at radius 2 is 2.03 bits per heavy atom. The van der Waals surface area contributed by atoms with Gasteiger partial charge in [-0.25, -0.2) is 9.07 Å². The Morgan fingerprint density at radius 1 is 1.18 bits per heavy atom. The lowest BCUT2D eigenvalue weighted by molar-refractivity contribution is 0.00135. The summed E-state index contributed by atoms with van der Waals surface area (Å²) in [4.78, 5) is 2.20. The number of benzene rings is 2. The molecule has 3 aromatic rings. The molecule has 0 aliphatic carbocycles. The molecule has 206 valence electrons. The van der Waals surface area contributed by atoms with Crippen LogP contribution in [0.2, 0.25) is 0 Å². The highest BCUT2D eigenvalue weighted by atomic mass is 19.1. The lowest BCUT2D eigenvalue weighted by Gasteiger charge is -2.27. The molecule has 1 aliphatic heterocycles. The van der Waals surface area contributed by atoms with Crippen molar-refractivity contribution in [3.05, 3.63) is 71.7 Å². The maximum atomic E-state index is 14.0. The van der Waals surface area contributed by atoms with Crippen LogP contribution in [0.3, 0.4) is 0 Å². The van der Waals surface area contributed by atoms with Crippen LogP contribution in [-0.4, -0.2) is 64.9 Å². The second-order valence-electron chi connectivity index (χ2n) is 9.80. The number of aliphatic hydroxyl groups excluding tert-OH is 1. The fraction of sp³-hybridized carbons (Fsp3) is 0.500. The predicted molar refractivity (Wildman–Crippen MR) is 145 cm³/mol. The normalized spacial score (nSPS) is 16.3. The van der Waals surface area contributed by atoms with Crippen LogP contribution in [-0.2, 0) is 22.4 Å². The van der Waals surface area contributed by atoms with E-state index < -0.39 is 6.10 Å². The van der Waals surface area contributed by atoms with Gasteiger partial charge >= 0.3 is 0 Å². The number of hydrogen-bond donors (Lipinski definition) is 1. The van der Waals surface area contributed by atoms with Gasteiger partial charge in [0.25, 0.3) is 0 Å². The third kappa shape index (κ3) is 7.86. The molecule has 0 bridgehead atoms. The average molecular weight is 526 g/mol. The first-order chi connectivity index (χ1) is 18.6. The molecule has 38 heavy (non-hydrogen) atoms. The topological polar surface area (TPSA) is 69.0 Å². The molecule has 0 spiro atoms. The van der Waals surface area contributed by atoms with Gasteiger partial charge in [0.2, 0.25) is 5.88 Å². The van der Waals surface area contributed by atoms with Crippen molar-refractivity contribution in [1.82, 2.24) is 14.7 Å². The fourth-order valence-electron chi connectivity index (χ4n) is 4.73. The lowest BCUT2D eigenvalue weighted by atomic mass is 10.1. The van der Waals surface area contributed by atoms with Crippen LogP contribution < -0.4 is 4.74 Å². The van der Waals surface area contributed by atoms with Crippen LogP contribution >= 0.6 is 0 Å². The first-order valence-corrected chi connectivity index (χ1v) is 13.8.